The summed E-state index contributed by atoms with van der Waals surface area (Å²) in [6, 6.07) is 6.97. The number of nitrogens with zero attached hydrogens (tertiary/aromatic N) is 1. The van der Waals surface area contributed by atoms with Gasteiger partial charge in [-0.1, -0.05) is 6.07 Å². The largest absolute Gasteiger partial charge is 0.497 e. The quantitative estimate of drug-likeness (QED) is 0.775. The predicted octanol–water partition coefficient (Wildman–Crippen LogP) is -0.00770. The van der Waals surface area contributed by atoms with Crippen LogP contribution in [-0.4, -0.2) is 43.9 Å². The number of piperazine rings is 1. The molecular weight excluding hydrogens is 220 g/mol. The number of nitrogens with one attached hydrogen (secondary N) is 1. The van der Waals surface area contributed by atoms with Gasteiger partial charge in [-0.05, 0) is 12.1 Å². The zero-order valence-electron chi connectivity index (χ0n) is 9.72. The molecule has 1 aromatic carbocycles. The molecule has 17 heavy (non-hydrogen) atoms. The molecule has 0 saturated carbocycles. The number of methoxy groups -OCH3 is 1. The molecule has 1 amide bonds. The Bertz CT molecular complexity index is 408. The van der Waals surface area contributed by atoms with E-state index < -0.39 is 6.04 Å². The molecule has 1 saturated heterocycles. The molecule has 1 aromatic rings. The smallest absolute Gasteiger partial charge is 0.245 e. The molecule has 1 atom stereocenters. The number of amides is 1. The van der Waals surface area contributed by atoms with Crippen LogP contribution in [0.25, 0.3) is 0 Å². The Kier molecular flexibility index (Phi) is 3.49. The highest BCUT2D eigenvalue weighted by Gasteiger charge is 2.29. The number of rotatable bonds is 3. The first-order valence-electron chi connectivity index (χ1n) is 5.55. The van der Waals surface area contributed by atoms with Crippen LogP contribution < -0.4 is 15.0 Å². The van der Waals surface area contributed by atoms with Crippen LogP contribution in [0.3, 0.4) is 0 Å². The Balaban J connectivity index is 2.27. The minimum atomic E-state index is -0.518. The third-order valence-electron chi connectivity index (χ3n) is 2.89. The highest BCUT2D eigenvalue weighted by molar-refractivity contribution is 5.86. The van der Waals surface area contributed by atoms with E-state index in [4.69, 9.17) is 4.74 Å². The van der Waals surface area contributed by atoms with Gasteiger partial charge in [0, 0.05) is 24.8 Å². The maximum Gasteiger partial charge on any atom is 0.245 e. The molecule has 1 aliphatic rings. The van der Waals surface area contributed by atoms with Gasteiger partial charge >= 0.3 is 0 Å². The lowest BCUT2D eigenvalue weighted by Gasteiger charge is -2.35. The minimum absolute atomic E-state index is 0.137. The molecular formula is C12H16N2O3. The zero-order valence-corrected chi connectivity index (χ0v) is 9.72. The number of hydrogen-bond donors (Lipinski definition) is 2. The third-order valence-corrected chi connectivity index (χ3v) is 2.89. The molecule has 0 radical (unpaired) electrons. The van der Waals surface area contributed by atoms with Crippen molar-refractivity contribution < 1.29 is 14.6 Å². The average molecular weight is 236 g/mol. The van der Waals surface area contributed by atoms with Crippen molar-refractivity contribution in [2.45, 2.75) is 6.04 Å². The third kappa shape index (κ3) is 2.34. The molecule has 0 aliphatic carbocycles. The van der Waals surface area contributed by atoms with Crippen LogP contribution in [0, 0.1) is 0 Å². The van der Waals surface area contributed by atoms with Gasteiger partial charge in [-0.15, -0.1) is 0 Å². The maximum absolute atomic E-state index is 11.6. The van der Waals surface area contributed by atoms with E-state index in [-0.39, 0.29) is 12.5 Å². The summed E-state index contributed by atoms with van der Waals surface area (Å²) in [5.74, 6) is 0.603. The van der Waals surface area contributed by atoms with Gasteiger partial charge in [0.15, 0.2) is 0 Å². The van der Waals surface area contributed by atoms with E-state index in [1.54, 1.807) is 7.11 Å². The topological polar surface area (TPSA) is 61.8 Å². The van der Waals surface area contributed by atoms with Crippen LogP contribution in [0.2, 0.25) is 0 Å². The van der Waals surface area contributed by atoms with Gasteiger partial charge in [0.05, 0.1) is 13.7 Å². The minimum Gasteiger partial charge on any atom is -0.497 e. The fourth-order valence-corrected chi connectivity index (χ4v) is 1.99. The number of aliphatic hydroxyl groups is 1. The Labute approximate surface area is 100.0 Å². The Hall–Kier alpha value is -1.75. The van der Waals surface area contributed by atoms with Gasteiger partial charge in [0.1, 0.15) is 11.8 Å². The zero-order chi connectivity index (χ0) is 12.3. The average Bonchev–Trinajstić information content (AvgIpc) is 2.38. The first-order valence-corrected chi connectivity index (χ1v) is 5.55. The van der Waals surface area contributed by atoms with Gasteiger partial charge in [-0.25, -0.2) is 0 Å². The predicted molar refractivity (Wildman–Crippen MR) is 64.2 cm³/mol. The number of carbonyl (C=O) groups excluding carboxylic acids is 1. The van der Waals surface area contributed by atoms with Gasteiger partial charge < -0.3 is 20.1 Å². The van der Waals surface area contributed by atoms with Crippen LogP contribution in [0.5, 0.6) is 5.75 Å². The van der Waals surface area contributed by atoms with Crippen molar-refractivity contribution in [3.8, 4) is 5.75 Å². The lowest BCUT2D eigenvalue weighted by atomic mass is 10.1. The molecule has 0 aromatic heterocycles. The second-order valence-corrected chi connectivity index (χ2v) is 3.88. The lowest BCUT2D eigenvalue weighted by molar-refractivity contribution is -0.124. The Morgan fingerprint density at radius 3 is 3.12 bits per heavy atom. The van der Waals surface area contributed by atoms with Crippen molar-refractivity contribution in [2.75, 3.05) is 31.7 Å². The highest BCUT2D eigenvalue weighted by atomic mass is 16.5. The van der Waals surface area contributed by atoms with E-state index in [1.165, 1.54) is 0 Å². The Morgan fingerprint density at radius 2 is 2.41 bits per heavy atom. The summed E-state index contributed by atoms with van der Waals surface area (Å²) in [6.07, 6.45) is 0. The number of ether oxygens (including phenoxy) is 1. The molecule has 5 heteroatoms. The second kappa shape index (κ2) is 5.05. The van der Waals surface area contributed by atoms with Gasteiger partial charge in [0.25, 0.3) is 0 Å². The number of anilines is 1. The summed E-state index contributed by atoms with van der Waals surface area (Å²) < 4.78 is 5.15. The van der Waals surface area contributed by atoms with Gasteiger partial charge in [0.2, 0.25) is 5.91 Å². The number of hydrogen-bond acceptors (Lipinski definition) is 4. The van der Waals surface area contributed by atoms with E-state index in [2.05, 4.69) is 5.32 Å². The molecule has 1 unspecified atom stereocenters. The van der Waals surface area contributed by atoms with E-state index >= 15 is 0 Å². The monoisotopic (exact) mass is 236 g/mol. The maximum atomic E-state index is 11.6. The second-order valence-electron chi connectivity index (χ2n) is 3.88. The van der Waals surface area contributed by atoms with E-state index in [0.717, 1.165) is 11.4 Å². The fraction of sp³-hybridized carbons (Fsp3) is 0.417. The van der Waals surface area contributed by atoms with Crippen molar-refractivity contribution in [3.63, 3.8) is 0 Å². The number of carbonyl (C=O) groups is 1. The van der Waals surface area contributed by atoms with Crippen LogP contribution in [0.4, 0.5) is 5.69 Å². The van der Waals surface area contributed by atoms with Crippen LogP contribution in [0.1, 0.15) is 0 Å². The fourth-order valence-electron chi connectivity index (χ4n) is 1.99. The highest BCUT2D eigenvalue weighted by Crippen LogP contribution is 2.23. The van der Waals surface area contributed by atoms with Crippen molar-refractivity contribution in [2.24, 2.45) is 0 Å². The van der Waals surface area contributed by atoms with Crippen LogP contribution in [-0.2, 0) is 4.79 Å². The van der Waals surface area contributed by atoms with Crippen molar-refractivity contribution in [3.05, 3.63) is 24.3 Å². The molecule has 1 heterocycles. The molecule has 1 aliphatic heterocycles. The van der Waals surface area contributed by atoms with Gasteiger partial charge in [-0.3, -0.25) is 4.79 Å². The Morgan fingerprint density at radius 1 is 1.59 bits per heavy atom. The summed E-state index contributed by atoms with van der Waals surface area (Å²) >= 11 is 0. The van der Waals surface area contributed by atoms with Crippen LogP contribution in [0.15, 0.2) is 24.3 Å². The van der Waals surface area contributed by atoms with E-state index in [9.17, 15) is 9.90 Å². The first kappa shape index (κ1) is 11.7. The molecule has 2 rings (SSSR count). The molecule has 0 bridgehead atoms. The summed E-state index contributed by atoms with van der Waals surface area (Å²) in [5.41, 5.74) is 0.887. The normalized spacial score (nSPS) is 20.0. The molecule has 2 N–H and O–H groups in total. The molecule has 92 valence electrons. The lowest BCUT2D eigenvalue weighted by Crippen LogP contribution is -2.57. The van der Waals surface area contributed by atoms with Gasteiger partial charge in [-0.2, -0.15) is 0 Å². The number of aliphatic hydroxyl groups excluding tert-OH is 1. The van der Waals surface area contributed by atoms with Crippen molar-refractivity contribution >= 4 is 11.6 Å². The number of benzene rings is 1. The molecule has 0 spiro atoms. The summed E-state index contributed by atoms with van der Waals surface area (Å²) in [5, 5.41) is 12.0. The van der Waals surface area contributed by atoms with Crippen LogP contribution >= 0.6 is 0 Å². The van der Waals surface area contributed by atoms with Crippen molar-refractivity contribution in [1.29, 1.82) is 0 Å². The SMILES string of the molecule is COc1cccc(N2CCNC(=O)C2CO)c1. The van der Waals surface area contributed by atoms with E-state index in [0.29, 0.717) is 13.1 Å². The van der Waals surface area contributed by atoms with Crippen molar-refractivity contribution in [1.82, 2.24) is 5.32 Å². The summed E-state index contributed by atoms with van der Waals surface area (Å²) in [7, 11) is 1.60. The van der Waals surface area contributed by atoms with E-state index in [1.807, 2.05) is 29.2 Å². The first-order chi connectivity index (χ1) is 8.26. The standard InChI is InChI=1S/C12H16N2O3/c1-17-10-4-2-3-9(7-10)14-6-5-13-12(16)11(14)8-15/h2-4,7,11,15H,5-6,8H2,1H3,(H,13,16). The molecule has 1 fully saturated rings. The summed E-state index contributed by atoms with van der Waals surface area (Å²) in [6.45, 7) is 1.08. The molecule has 5 nitrogen and oxygen atoms in total. The summed E-state index contributed by atoms with van der Waals surface area (Å²) in [4.78, 5) is 13.5.